The number of H-pyrrole nitrogens is 1. The second kappa shape index (κ2) is 6.68. The molecular formula is C15H24N4. The Bertz CT molecular complexity index is 471. The Morgan fingerprint density at radius 3 is 2.84 bits per heavy atom. The van der Waals surface area contributed by atoms with Crippen LogP contribution in [0.3, 0.4) is 0 Å². The van der Waals surface area contributed by atoms with E-state index < -0.39 is 0 Å². The van der Waals surface area contributed by atoms with Crippen molar-refractivity contribution in [2.45, 2.75) is 32.7 Å². The largest absolute Gasteiger partial charge is 0.342 e. The second-order valence-electron chi connectivity index (χ2n) is 5.42. The van der Waals surface area contributed by atoms with E-state index in [0.717, 1.165) is 42.8 Å². The summed E-state index contributed by atoms with van der Waals surface area (Å²) in [7, 11) is 0. The number of para-hydroxylation sites is 2. The first-order valence-electron chi connectivity index (χ1n) is 7.06. The Hall–Kier alpha value is -1.39. The maximum atomic E-state index is 5.98. The monoisotopic (exact) mass is 260 g/mol. The molecule has 1 atom stereocenters. The molecule has 0 fully saturated rings. The lowest BCUT2D eigenvalue weighted by Crippen LogP contribution is -2.38. The Morgan fingerprint density at radius 2 is 2.11 bits per heavy atom. The van der Waals surface area contributed by atoms with Gasteiger partial charge in [0, 0.05) is 19.0 Å². The molecule has 0 saturated heterocycles. The van der Waals surface area contributed by atoms with E-state index in [4.69, 9.17) is 5.73 Å². The summed E-state index contributed by atoms with van der Waals surface area (Å²) >= 11 is 0. The van der Waals surface area contributed by atoms with Crippen LogP contribution in [-0.2, 0) is 6.42 Å². The van der Waals surface area contributed by atoms with E-state index in [1.54, 1.807) is 0 Å². The number of aromatic amines is 1. The zero-order valence-electron chi connectivity index (χ0n) is 11.8. The number of benzene rings is 1. The first kappa shape index (κ1) is 14.0. The summed E-state index contributed by atoms with van der Waals surface area (Å²) in [6.07, 6.45) is 2.04. The van der Waals surface area contributed by atoms with Gasteiger partial charge in [-0.25, -0.2) is 4.98 Å². The quantitative estimate of drug-likeness (QED) is 0.668. The molecule has 4 N–H and O–H groups in total. The summed E-state index contributed by atoms with van der Waals surface area (Å²) < 4.78 is 0. The molecule has 0 aliphatic rings. The van der Waals surface area contributed by atoms with E-state index in [1.807, 2.05) is 18.2 Å². The van der Waals surface area contributed by atoms with Crippen LogP contribution in [0.4, 0.5) is 0 Å². The van der Waals surface area contributed by atoms with Gasteiger partial charge in [0.05, 0.1) is 11.0 Å². The topological polar surface area (TPSA) is 66.7 Å². The molecule has 0 aliphatic heterocycles. The standard InChI is InChI=1S/C15H24N4/c1-11(2)12(16)10-17-9-5-8-15-18-13-6-3-4-7-14(13)19-15/h3-4,6-7,11-12,17H,5,8-10,16H2,1-2H3,(H,18,19). The molecule has 2 aromatic rings. The highest BCUT2D eigenvalue weighted by Crippen LogP contribution is 2.11. The summed E-state index contributed by atoms with van der Waals surface area (Å²) in [4.78, 5) is 7.92. The van der Waals surface area contributed by atoms with Crippen LogP contribution in [0, 0.1) is 5.92 Å². The molecule has 104 valence electrons. The van der Waals surface area contributed by atoms with Crippen LogP contribution in [0.5, 0.6) is 0 Å². The van der Waals surface area contributed by atoms with Crippen molar-refractivity contribution in [3.8, 4) is 0 Å². The number of hydrogen-bond donors (Lipinski definition) is 3. The van der Waals surface area contributed by atoms with E-state index >= 15 is 0 Å². The maximum absolute atomic E-state index is 5.98. The van der Waals surface area contributed by atoms with Gasteiger partial charge in [-0.1, -0.05) is 26.0 Å². The highest BCUT2D eigenvalue weighted by Gasteiger charge is 2.06. The SMILES string of the molecule is CC(C)C(N)CNCCCc1nc2ccccc2[nH]1. The molecule has 1 heterocycles. The lowest BCUT2D eigenvalue weighted by molar-refractivity contribution is 0.456. The minimum Gasteiger partial charge on any atom is -0.342 e. The Morgan fingerprint density at radius 1 is 1.32 bits per heavy atom. The van der Waals surface area contributed by atoms with Crippen molar-refractivity contribution in [3.05, 3.63) is 30.1 Å². The van der Waals surface area contributed by atoms with Crippen LogP contribution >= 0.6 is 0 Å². The van der Waals surface area contributed by atoms with Gasteiger partial charge in [-0.2, -0.15) is 0 Å². The molecular weight excluding hydrogens is 236 g/mol. The van der Waals surface area contributed by atoms with Crippen LogP contribution in [0.25, 0.3) is 11.0 Å². The van der Waals surface area contributed by atoms with Gasteiger partial charge in [-0.05, 0) is 31.0 Å². The lowest BCUT2D eigenvalue weighted by Gasteiger charge is -2.15. The minimum atomic E-state index is 0.242. The van der Waals surface area contributed by atoms with Crippen LogP contribution in [0.15, 0.2) is 24.3 Å². The molecule has 0 spiro atoms. The van der Waals surface area contributed by atoms with E-state index in [0.29, 0.717) is 5.92 Å². The molecule has 0 bridgehead atoms. The third-order valence-corrected chi connectivity index (χ3v) is 3.44. The number of aromatic nitrogens is 2. The van der Waals surface area contributed by atoms with Crippen molar-refractivity contribution in [1.82, 2.24) is 15.3 Å². The van der Waals surface area contributed by atoms with Crippen molar-refractivity contribution in [2.24, 2.45) is 11.7 Å². The van der Waals surface area contributed by atoms with Crippen molar-refractivity contribution < 1.29 is 0 Å². The maximum Gasteiger partial charge on any atom is 0.107 e. The van der Waals surface area contributed by atoms with Gasteiger partial charge in [-0.15, -0.1) is 0 Å². The van der Waals surface area contributed by atoms with Gasteiger partial charge in [0.1, 0.15) is 5.82 Å². The van der Waals surface area contributed by atoms with Crippen molar-refractivity contribution >= 4 is 11.0 Å². The number of nitrogens with one attached hydrogen (secondary N) is 2. The predicted molar refractivity (Wildman–Crippen MR) is 80.1 cm³/mol. The highest BCUT2D eigenvalue weighted by atomic mass is 14.9. The first-order chi connectivity index (χ1) is 9.16. The van der Waals surface area contributed by atoms with Crippen LogP contribution < -0.4 is 11.1 Å². The number of nitrogens with zero attached hydrogens (tertiary/aromatic N) is 1. The normalized spacial score (nSPS) is 13.3. The molecule has 1 unspecified atom stereocenters. The van der Waals surface area contributed by atoms with E-state index in [-0.39, 0.29) is 6.04 Å². The predicted octanol–water partition coefficient (Wildman–Crippen LogP) is 2.07. The molecule has 1 aromatic carbocycles. The Labute approximate surface area is 114 Å². The third-order valence-electron chi connectivity index (χ3n) is 3.44. The Balaban J connectivity index is 1.71. The van der Waals surface area contributed by atoms with Gasteiger partial charge in [-0.3, -0.25) is 0 Å². The van der Waals surface area contributed by atoms with Gasteiger partial charge >= 0.3 is 0 Å². The smallest absolute Gasteiger partial charge is 0.107 e. The fraction of sp³-hybridized carbons (Fsp3) is 0.533. The molecule has 0 aliphatic carbocycles. The van der Waals surface area contributed by atoms with Crippen molar-refractivity contribution in [2.75, 3.05) is 13.1 Å². The summed E-state index contributed by atoms with van der Waals surface area (Å²) in [5.41, 5.74) is 8.15. The number of rotatable bonds is 7. The zero-order chi connectivity index (χ0) is 13.7. The number of nitrogens with two attached hydrogens (primary N) is 1. The number of fused-ring (bicyclic) bond motifs is 1. The molecule has 0 radical (unpaired) electrons. The van der Waals surface area contributed by atoms with Gasteiger partial charge in [0.15, 0.2) is 0 Å². The molecule has 0 amide bonds. The van der Waals surface area contributed by atoms with Crippen molar-refractivity contribution in [3.63, 3.8) is 0 Å². The first-order valence-corrected chi connectivity index (χ1v) is 7.06. The lowest BCUT2D eigenvalue weighted by atomic mass is 10.1. The number of imidazole rings is 1. The molecule has 4 heteroatoms. The van der Waals surface area contributed by atoms with Gasteiger partial charge in [0.25, 0.3) is 0 Å². The number of aryl methyl sites for hydroxylation is 1. The fourth-order valence-electron chi connectivity index (χ4n) is 2.01. The number of hydrogen-bond acceptors (Lipinski definition) is 3. The Kier molecular flexibility index (Phi) is 4.93. The summed E-state index contributed by atoms with van der Waals surface area (Å²) in [5, 5.41) is 3.40. The average molecular weight is 260 g/mol. The second-order valence-corrected chi connectivity index (χ2v) is 5.42. The summed E-state index contributed by atoms with van der Waals surface area (Å²) in [6.45, 7) is 6.18. The van der Waals surface area contributed by atoms with Crippen LogP contribution in [0.1, 0.15) is 26.1 Å². The third kappa shape index (κ3) is 4.04. The van der Waals surface area contributed by atoms with E-state index in [9.17, 15) is 0 Å². The summed E-state index contributed by atoms with van der Waals surface area (Å²) in [6, 6.07) is 8.38. The highest BCUT2D eigenvalue weighted by molar-refractivity contribution is 5.74. The van der Waals surface area contributed by atoms with Gasteiger partial charge < -0.3 is 16.0 Å². The zero-order valence-corrected chi connectivity index (χ0v) is 11.8. The summed E-state index contributed by atoms with van der Waals surface area (Å²) in [5.74, 6) is 1.60. The van der Waals surface area contributed by atoms with E-state index in [1.165, 1.54) is 0 Å². The molecule has 19 heavy (non-hydrogen) atoms. The fourth-order valence-corrected chi connectivity index (χ4v) is 2.01. The average Bonchev–Trinajstić information content (AvgIpc) is 2.80. The van der Waals surface area contributed by atoms with Crippen LogP contribution in [-0.4, -0.2) is 29.1 Å². The van der Waals surface area contributed by atoms with Gasteiger partial charge in [0.2, 0.25) is 0 Å². The molecule has 2 rings (SSSR count). The molecule has 4 nitrogen and oxygen atoms in total. The van der Waals surface area contributed by atoms with Crippen molar-refractivity contribution in [1.29, 1.82) is 0 Å². The van der Waals surface area contributed by atoms with E-state index in [2.05, 4.69) is 35.2 Å². The molecule has 1 aromatic heterocycles. The molecule has 0 saturated carbocycles. The minimum absolute atomic E-state index is 0.242. The van der Waals surface area contributed by atoms with Crippen LogP contribution in [0.2, 0.25) is 0 Å².